The number of hydrogen-bond acceptors (Lipinski definition) is 4. The van der Waals surface area contributed by atoms with Crippen LogP contribution in [0.25, 0.3) is 0 Å². The number of aromatic nitrogens is 2. The average molecular weight is 303 g/mol. The van der Waals surface area contributed by atoms with E-state index in [1.165, 1.54) is 0 Å². The molecule has 118 valence electrons. The number of amides is 1. The fourth-order valence-corrected chi connectivity index (χ4v) is 2.26. The molecule has 6 nitrogen and oxygen atoms in total. The smallest absolute Gasteiger partial charge is 0.224 e. The number of rotatable bonds is 6. The number of carbonyl (C=O) groups is 1. The number of nitrogens with one attached hydrogen (secondary N) is 2. The molecule has 0 radical (unpaired) electrons. The Morgan fingerprint density at radius 2 is 1.95 bits per heavy atom. The van der Waals surface area contributed by atoms with E-state index in [4.69, 9.17) is 9.47 Å². The lowest BCUT2D eigenvalue weighted by Crippen LogP contribution is -2.25. The number of carbonyl (C=O) groups excluding carboxylic acids is 1. The molecule has 2 rings (SSSR count). The number of H-pyrrole nitrogens is 1. The maximum Gasteiger partial charge on any atom is 0.224 e. The standard InChI is InChI=1S/C16H21N3O3/c1-10-13(11(2)19-18-10)9-17-16(20)8-12-5-6-14(21-3)15(7-12)22-4/h5-7H,8-9H2,1-4H3,(H,17,20)(H,18,19). The first-order valence-electron chi connectivity index (χ1n) is 7.03. The molecule has 0 atom stereocenters. The number of hydrogen-bond donors (Lipinski definition) is 2. The summed E-state index contributed by atoms with van der Waals surface area (Å²) < 4.78 is 10.4. The highest BCUT2D eigenvalue weighted by atomic mass is 16.5. The van der Waals surface area contributed by atoms with E-state index in [0.29, 0.717) is 18.0 Å². The molecule has 1 aromatic carbocycles. The van der Waals surface area contributed by atoms with Crippen LogP contribution >= 0.6 is 0 Å². The number of aromatic amines is 1. The van der Waals surface area contributed by atoms with Crippen molar-refractivity contribution in [3.63, 3.8) is 0 Å². The fraction of sp³-hybridized carbons (Fsp3) is 0.375. The van der Waals surface area contributed by atoms with Crippen LogP contribution in [0.5, 0.6) is 11.5 Å². The van der Waals surface area contributed by atoms with Crippen molar-refractivity contribution in [2.45, 2.75) is 26.8 Å². The molecular weight excluding hydrogens is 282 g/mol. The van der Waals surface area contributed by atoms with Crippen molar-refractivity contribution in [1.82, 2.24) is 15.5 Å². The van der Waals surface area contributed by atoms with E-state index >= 15 is 0 Å². The maximum absolute atomic E-state index is 12.1. The summed E-state index contributed by atoms with van der Waals surface area (Å²) in [5, 5.41) is 9.93. The topological polar surface area (TPSA) is 76.2 Å². The van der Waals surface area contributed by atoms with Gasteiger partial charge in [0.1, 0.15) is 0 Å². The van der Waals surface area contributed by atoms with E-state index in [1.54, 1.807) is 20.3 Å². The number of ether oxygens (including phenoxy) is 2. The van der Waals surface area contributed by atoms with Gasteiger partial charge in [-0.2, -0.15) is 5.10 Å². The van der Waals surface area contributed by atoms with Gasteiger partial charge in [-0.15, -0.1) is 0 Å². The summed E-state index contributed by atoms with van der Waals surface area (Å²) in [7, 11) is 3.16. The lowest BCUT2D eigenvalue weighted by Gasteiger charge is -2.10. The Kier molecular flexibility index (Phi) is 5.04. The first-order chi connectivity index (χ1) is 10.5. The Labute approximate surface area is 129 Å². The average Bonchev–Trinajstić information content (AvgIpc) is 2.83. The van der Waals surface area contributed by atoms with Crippen molar-refractivity contribution in [2.75, 3.05) is 14.2 Å². The highest BCUT2D eigenvalue weighted by Crippen LogP contribution is 2.27. The first-order valence-corrected chi connectivity index (χ1v) is 7.03. The van der Waals surface area contributed by atoms with Crippen molar-refractivity contribution in [3.05, 3.63) is 40.7 Å². The summed E-state index contributed by atoms with van der Waals surface area (Å²) in [5.74, 6) is 1.22. The molecule has 0 aliphatic rings. The SMILES string of the molecule is COc1ccc(CC(=O)NCc2c(C)n[nH]c2C)cc1OC. The molecule has 1 amide bonds. The van der Waals surface area contributed by atoms with Gasteiger partial charge in [0.15, 0.2) is 11.5 Å². The molecule has 6 heteroatoms. The van der Waals surface area contributed by atoms with E-state index in [2.05, 4.69) is 15.5 Å². The van der Waals surface area contributed by atoms with E-state index in [9.17, 15) is 4.79 Å². The van der Waals surface area contributed by atoms with Gasteiger partial charge in [0, 0.05) is 17.8 Å². The van der Waals surface area contributed by atoms with Crippen LogP contribution < -0.4 is 14.8 Å². The van der Waals surface area contributed by atoms with Crippen LogP contribution in [0.2, 0.25) is 0 Å². The highest BCUT2D eigenvalue weighted by Gasteiger charge is 2.10. The third-order valence-corrected chi connectivity index (χ3v) is 3.56. The molecule has 0 unspecified atom stereocenters. The van der Waals surface area contributed by atoms with Gasteiger partial charge in [0.25, 0.3) is 0 Å². The van der Waals surface area contributed by atoms with Crippen molar-refractivity contribution in [3.8, 4) is 11.5 Å². The molecule has 0 spiro atoms. The van der Waals surface area contributed by atoms with Crippen LogP contribution in [-0.4, -0.2) is 30.3 Å². The molecule has 1 aromatic heterocycles. The van der Waals surface area contributed by atoms with Gasteiger partial charge >= 0.3 is 0 Å². The molecule has 2 aromatic rings. The molecule has 0 aliphatic carbocycles. The normalized spacial score (nSPS) is 10.4. The largest absolute Gasteiger partial charge is 0.493 e. The number of benzene rings is 1. The van der Waals surface area contributed by atoms with Gasteiger partial charge in [-0.1, -0.05) is 6.07 Å². The second kappa shape index (κ2) is 6.98. The molecule has 0 fully saturated rings. The molecule has 0 saturated heterocycles. The van der Waals surface area contributed by atoms with Crippen molar-refractivity contribution in [2.24, 2.45) is 0 Å². The zero-order valence-corrected chi connectivity index (χ0v) is 13.3. The minimum absolute atomic E-state index is 0.0489. The van der Waals surface area contributed by atoms with E-state index in [-0.39, 0.29) is 12.3 Å². The van der Waals surface area contributed by atoms with Gasteiger partial charge in [-0.3, -0.25) is 9.89 Å². The minimum Gasteiger partial charge on any atom is -0.493 e. The first kappa shape index (κ1) is 15.9. The highest BCUT2D eigenvalue weighted by molar-refractivity contribution is 5.78. The third-order valence-electron chi connectivity index (χ3n) is 3.56. The van der Waals surface area contributed by atoms with Gasteiger partial charge in [0.05, 0.1) is 26.3 Å². The molecular formula is C16H21N3O3. The van der Waals surface area contributed by atoms with Crippen LogP contribution in [0.15, 0.2) is 18.2 Å². The maximum atomic E-state index is 12.1. The second-order valence-corrected chi connectivity index (χ2v) is 5.06. The molecule has 0 saturated carbocycles. The van der Waals surface area contributed by atoms with Crippen LogP contribution in [0, 0.1) is 13.8 Å². The van der Waals surface area contributed by atoms with Crippen LogP contribution in [0.4, 0.5) is 0 Å². The van der Waals surface area contributed by atoms with Gasteiger partial charge in [0.2, 0.25) is 5.91 Å². The number of aryl methyl sites for hydroxylation is 2. The number of nitrogens with zero attached hydrogens (tertiary/aromatic N) is 1. The summed E-state index contributed by atoms with van der Waals surface area (Å²) in [6, 6.07) is 5.47. The molecule has 1 heterocycles. The molecule has 22 heavy (non-hydrogen) atoms. The lowest BCUT2D eigenvalue weighted by atomic mass is 10.1. The zero-order valence-electron chi connectivity index (χ0n) is 13.3. The molecule has 2 N–H and O–H groups in total. The Balaban J connectivity index is 1.97. The van der Waals surface area contributed by atoms with E-state index in [1.807, 2.05) is 26.0 Å². The predicted molar refractivity (Wildman–Crippen MR) is 83.2 cm³/mol. The van der Waals surface area contributed by atoms with Crippen LogP contribution in [0.1, 0.15) is 22.5 Å². The molecule has 0 bridgehead atoms. The van der Waals surface area contributed by atoms with Gasteiger partial charge in [-0.05, 0) is 31.5 Å². The summed E-state index contributed by atoms with van der Waals surface area (Å²) in [4.78, 5) is 12.1. The van der Waals surface area contributed by atoms with E-state index < -0.39 is 0 Å². The minimum atomic E-state index is -0.0489. The summed E-state index contributed by atoms with van der Waals surface area (Å²) in [6.45, 7) is 4.33. The Hall–Kier alpha value is -2.50. The lowest BCUT2D eigenvalue weighted by molar-refractivity contribution is -0.120. The molecule has 0 aliphatic heterocycles. The van der Waals surface area contributed by atoms with Gasteiger partial charge in [-0.25, -0.2) is 0 Å². The second-order valence-electron chi connectivity index (χ2n) is 5.06. The van der Waals surface area contributed by atoms with Crippen molar-refractivity contribution in [1.29, 1.82) is 0 Å². The van der Waals surface area contributed by atoms with Crippen molar-refractivity contribution < 1.29 is 14.3 Å². The summed E-state index contributed by atoms with van der Waals surface area (Å²) in [6.07, 6.45) is 0.288. The quantitative estimate of drug-likeness (QED) is 0.854. The zero-order chi connectivity index (χ0) is 16.1. The van der Waals surface area contributed by atoms with Crippen molar-refractivity contribution >= 4 is 5.91 Å². The third kappa shape index (κ3) is 3.58. The Morgan fingerprint density at radius 3 is 2.55 bits per heavy atom. The summed E-state index contributed by atoms with van der Waals surface area (Å²) >= 11 is 0. The monoisotopic (exact) mass is 303 g/mol. The Bertz CT molecular complexity index is 645. The van der Waals surface area contributed by atoms with Crippen LogP contribution in [0.3, 0.4) is 0 Å². The summed E-state index contributed by atoms with van der Waals surface area (Å²) in [5.41, 5.74) is 3.78. The predicted octanol–water partition coefficient (Wildman–Crippen LogP) is 1.90. The number of methoxy groups -OCH3 is 2. The van der Waals surface area contributed by atoms with Crippen LogP contribution in [-0.2, 0) is 17.8 Å². The van der Waals surface area contributed by atoms with E-state index in [0.717, 1.165) is 22.5 Å². The fourth-order valence-electron chi connectivity index (χ4n) is 2.26. The van der Waals surface area contributed by atoms with Gasteiger partial charge < -0.3 is 14.8 Å². The Morgan fingerprint density at radius 1 is 1.23 bits per heavy atom.